The van der Waals surface area contributed by atoms with Crippen LogP contribution in [0.5, 0.6) is 17.2 Å². The van der Waals surface area contributed by atoms with Crippen LogP contribution in [0.3, 0.4) is 0 Å². The minimum absolute atomic E-state index is 0.142. The SMILES string of the molecule is C=CCCOc1ccc(C(=O)Nc2ncc(F)s2)c(Oc2ccc(-c3nnc(-c4ccccc4)o3)cc2)c1. The van der Waals surface area contributed by atoms with Gasteiger partial charge in [0.15, 0.2) is 10.3 Å². The molecule has 10 heteroatoms. The van der Waals surface area contributed by atoms with Gasteiger partial charge in [0.25, 0.3) is 5.91 Å². The van der Waals surface area contributed by atoms with E-state index in [2.05, 4.69) is 27.1 Å². The fourth-order valence-electron chi connectivity index (χ4n) is 3.43. The van der Waals surface area contributed by atoms with Gasteiger partial charge in [0.1, 0.15) is 17.2 Å². The highest BCUT2D eigenvalue weighted by molar-refractivity contribution is 7.14. The summed E-state index contributed by atoms with van der Waals surface area (Å²) in [5, 5.41) is 10.5. The summed E-state index contributed by atoms with van der Waals surface area (Å²) in [6, 6.07) is 21.4. The summed E-state index contributed by atoms with van der Waals surface area (Å²) >= 11 is 0.733. The van der Waals surface area contributed by atoms with E-state index in [0.29, 0.717) is 41.9 Å². The Bertz CT molecular complexity index is 1550. The molecule has 5 rings (SSSR count). The number of rotatable bonds is 10. The number of benzene rings is 3. The van der Waals surface area contributed by atoms with Crippen LogP contribution < -0.4 is 14.8 Å². The van der Waals surface area contributed by atoms with Crippen molar-refractivity contribution in [2.45, 2.75) is 6.42 Å². The van der Waals surface area contributed by atoms with Crippen LogP contribution in [0.15, 0.2) is 96.1 Å². The van der Waals surface area contributed by atoms with Gasteiger partial charge in [-0.25, -0.2) is 4.98 Å². The molecule has 0 spiro atoms. The molecule has 1 amide bonds. The van der Waals surface area contributed by atoms with Crippen LogP contribution in [0.4, 0.5) is 9.52 Å². The van der Waals surface area contributed by atoms with Gasteiger partial charge in [0.05, 0.1) is 18.4 Å². The lowest BCUT2D eigenvalue weighted by Crippen LogP contribution is -2.13. The molecule has 38 heavy (non-hydrogen) atoms. The summed E-state index contributed by atoms with van der Waals surface area (Å²) in [6.07, 6.45) is 3.46. The Labute approximate surface area is 221 Å². The van der Waals surface area contributed by atoms with Crippen molar-refractivity contribution in [2.75, 3.05) is 11.9 Å². The Balaban J connectivity index is 1.36. The molecule has 0 unspecified atom stereocenters. The molecular formula is C28H21FN4O4S. The predicted molar refractivity (Wildman–Crippen MR) is 142 cm³/mol. The molecule has 190 valence electrons. The van der Waals surface area contributed by atoms with Crippen LogP contribution in [0, 0.1) is 5.13 Å². The van der Waals surface area contributed by atoms with E-state index in [-0.39, 0.29) is 16.4 Å². The van der Waals surface area contributed by atoms with Crippen molar-refractivity contribution >= 4 is 22.4 Å². The Hall–Kier alpha value is -4.83. The normalized spacial score (nSPS) is 10.7. The fourth-order valence-corrected chi connectivity index (χ4v) is 3.97. The number of hydrogen-bond acceptors (Lipinski definition) is 8. The van der Waals surface area contributed by atoms with Gasteiger partial charge in [-0.05, 0) is 55.0 Å². The number of nitrogens with zero attached hydrogens (tertiary/aromatic N) is 3. The zero-order valence-electron chi connectivity index (χ0n) is 20.0. The van der Waals surface area contributed by atoms with Crippen LogP contribution in [0.1, 0.15) is 16.8 Å². The molecule has 0 atom stereocenters. The maximum Gasteiger partial charge on any atom is 0.261 e. The van der Waals surface area contributed by atoms with Crippen molar-refractivity contribution in [1.82, 2.24) is 15.2 Å². The van der Waals surface area contributed by atoms with E-state index in [9.17, 15) is 9.18 Å². The first-order chi connectivity index (χ1) is 18.6. The second-order valence-corrected chi connectivity index (χ2v) is 8.89. The Morgan fingerprint density at radius 2 is 1.71 bits per heavy atom. The standard InChI is InChI=1S/C28H21FN4O4S/c1-2-3-15-35-21-13-14-22(25(34)31-28-30-17-24(29)38-28)23(16-21)36-20-11-9-19(10-12-20)27-33-32-26(37-27)18-7-5-4-6-8-18/h2,4-14,16-17H,1,3,15H2,(H,30,31,34). The number of carbonyl (C=O) groups is 1. The Morgan fingerprint density at radius 3 is 2.39 bits per heavy atom. The summed E-state index contributed by atoms with van der Waals surface area (Å²) in [5.74, 6) is 1.54. The summed E-state index contributed by atoms with van der Waals surface area (Å²) in [6.45, 7) is 4.11. The molecule has 2 heterocycles. The number of ether oxygens (including phenoxy) is 2. The second-order valence-electron chi connectivity index (χ2n) is 7.91. The number of anilines is 1. The van der Waals surface area contributed by atoms with Crippen molar-refractivity contribution in [2.24, 2.45) is 0 Å². The number of thiazole rings is 1. The maximum atomic E-state index is 13.3. The van der Waals surface area contributed by atoms with Crippen molar-refractivity contribution in [3.8, 4) is 40.2 Å². The summed E-state index contributed by atoms with van der Waals surface area (Å²) in [5.41, 5.74) is 1.76. The van der Waals surface area contributed by atoms with Crippen molar-refractivity contribution in [3.63, 3.8) is 0 Å². The average Bonchev–Trinajstić information content (AvgIpc) is 3.59. The van der Waals surface area contributed by atoms with Gasteiger partial charge >= 0.3 is 0 Å². The lowest BCUT2D eigenvalue weighted by molar-refractivity contribution is 0.102. The van der Waals surface area contributed by atoms with Gasteiger partial charge in [-0.3, -0.25) is 10.1 Å². The van der Waals surface area contributed by atoms with E-state index in [1.54, 1.807) is 48.5 Å². The van der Waals surface area contributed by atoms with Crippen molar-refractivity contribution in [1.29, 1.82) is 0 Å². The maximum absolute atomic E-state index is 13.3. The van der Waals surface area contributed by atoms with Gasteiger partial charge in [-0.2, -0.15) is 4.39 Å². The number of carbonyl (C=O) groups excluding carboxylic acids is 1. The zero-order chi connectivity index (χ0) is 26.3. The van der Waals surface area contributed by atoms with Crippen molar-refractivity contribution in [3.05, 3.63) is 102 Å². The first-order valence-corrected chi connectivity index (χ1v) is 12.4. The zero-order valence-corrected chi connectivity index (χ0v) is 20.8. The van der Waals surface area contributed by atoms with Crippen molar-refractivity contribution < 1.29 is 23.1 Å². The third-order valence-corrected chi connectivity index (χ3v) is 5.96. The number of hydrogen-bond donors (Lipinski definition) is 1. The number of amides is 1. The van der Waals surface area contributed by atoms with E-state index in [1.807, 2.05) is 30.3 Å². The van der Waals surface area contributed by atoms with Gasteiger partial charge in [-0.1, -0.05) is 35.6 Å². The molecule has 5 aromatic rings. The van der Waals surface area contributed by atoms with E-state index in [4.69, 9.17) is 13.9 Å². The number of halogens is 1. The highest BCUT2D eigenvalue weighted by Crippen LogP contribution is 2.32. The smallest absolute Gasteiger partial charge is 0.261 e. The summed E-state index contributed by atoms with van der Waals surface area (Å²) in [4.78, 5) is 16.8. The fraction of sp³-hybridized carbons (Fsp3) is 0.0714. The van der Waals surface area contributed by atoms with Crippen LogP contribution in [-0.4, -0.2) is 27.7 Å². The molecule has 1 N–H and O–H groups in total. The van der Waals surface area contributed by atoms with Gasteiger partial charge in [0, 0.05) is 17.2 Å². The minimum Gasteiger partial charge on any atom is -0.493 e. The third-order valence-electron chi connectivity index (χ3n) is 5.26. The predicted octanol–water partition coefficient (Wildman–Crippen LogP) is 7.00. The monoisotopic (exact) mass is 528 g/mol. The molecule has 8 nitrogen and oxygen atoms in total. The first-order valence-electron chi connectivity index (χ1n) is 11.6. The van der Waals surface area contributed by atoms with Gasteiger partial charge in [0.2, 0.25) is 11.8 Å². The van der Waals surface area contributed by atoms with Crippen LogP contribution in [0.25, 0.3) is 22.9 Å². The lowest BCUT2D eigenvalue weighted by atomic mass is 10.1. The topological polar surface area (TPSA) is 99.4 Å². The second kappa shape index (κ2) is 11.5. The highest BCUT2D eigenvalue weighted by atomic mass is 32.1. The molecule has 0 aliphatic rings. The molecule has 0 saturated heterocycles. The summed E-state index contributed by atoms with van der Waals surface area (Å²) in [7, 11) is 0. The van der Waals surface area contributed by atoms with Crippen LogP contribution in [-0.2, 0) is 0 Å². The lowest BCUT2D eigenvalue weighted by Gasteiger charge is -2.13. The third kappa shape index (κ3) is 5.93. The number of nitrogens with one attached hydrogen (secondary N) is 1. The average molecular weight is 529 g/mol. The van der Waals surface area contributed by atoms with Crippen LogP contribution in [0.2, 0.25) is 0 Å². The first kappa shape index (κ1) is 24.8. The van der Waals surface area contributed by atoms with E-state index < -0.39 is 11.0 Å². The highest BCUT2D eigenvalue weighted by Gasteiger charge is 2.17. The molecule has 0 bridgehead atoms. The molecule has 2 aromatic heterocycles. The molecule has 0 saturated carbocycles. The van der Waals surface area contributed by atoms with Gasteiger partial charge < -0.3 is 13.9 Å². The largest absolute Gasteiger partial charge is 0.493 e. The molecule has 0 aliphatic heterocycles. The van der Waals surface area contributed by atoms with E-state index in [0.717, 1.165) is 23.1 Å². The quantitative estimate of drug-likeness (QED) is 0.154. The molecular weight excluding hydrogens is 507 g/mol. The van der Waals surface area contributed by atoms with Crippen LogP contribution >= 0.6 is 11.3 Å². The molecule has 0 fully saturated rings. The molecule has 0 aliphatic carbocycles. The molecule has 0 radical (unpaired) electrons. The number of aromatic nitrogens is 3. The van der Waals surface area contributed by atoms with E-state index >= 15 is 0 Å². The Morgan fingerprint density at radius 1 is 1.00 bits per heavy atom. The molecule has 3 aromatic carbocycles. The van der Waals surface area contributed by atoms with E-state index in [1.165, 1.54) is 0 Å². The Kier molecular flexibility index (Phi) is 7.51. The minimum atomic E-state index is -0.500. The van der Waals surface area contributed by atoms with Gasteiger partial charge in [-0.15, -0.1) is 16.8 Å². The summed E-state index contributed by atoms with van der Waals surface area (Å²) < 4.78 is 30.9.